The van der Waals surface area contributed by atoms with Gasteiger partial charge in [-0.3, -0.25) is 0 Å². The molecule has 5 aromatic carbocycles. The van der Waals surface area contributed by atoms with Crippen LogP contribution in [0.15, 0.2) is 97.6 Å². The first-order chi connectivity index (χ1) is 18.1. The Morgan fingerprint density at radius 3 is 2.19 bits per heavy atom. The molecule has 0 N–H and O–H groups in total. The molecule has 0 bridgehead atoms. The van der Waals surface area contributed by atoms with E-state index < -0.39 is 0 Å². The van der Waals surface area contributed by atoms with E-state index in [1.165, 1.54) is 64.4 Å². The Kier molecular flexibility index (Phi) is 4.85. The maximum atomic E-state index is 4.30. The van der Waals surface area contributed by atoms with Gasteiger partial charge in [-0.1, -0.05) is 79.4 Å². The first kappa shape index (κ1) is 22.0. The van der Waals surface area contributed by atoms with Crippen molar-refractivity contribution in [3.05, 3.63) is 114 Å². The van der Waals surface area contributed by atoms with Gasteiger partial charge >= 0.3 is 5.82 Å². The minimum atomic E-state index is 1.15. The zero-order valence-corrected chi connectivity index (χ0v) is 22.1. The molecule has 7 aromatic rings. The molecule has 0 atom stereocenters. The van der Waals surface area contributed by atoms with E-state index in [1.807, 2.05) is 17.5 Å². The highest BCUT2D eigenvalue weighted by molar-refractivity contribution is 7.26. The van der Waals surface area contributed by atoms with Crippen LogP contribution in [0, 0.1) is 20.8 Å². The Balaban J connectivity index is 1.74. The first-order valence-corrected chi connectivity index (χ1v) is 13.5. The van der Waals surface area contributed by atoms with Crippen molar-refractivity contribution in [2.45, 2.75) is 20.8 Å². The molecule has 0 aliphatic rings. The van der Waals surface area contributed by atoms with E-state index in [0.29, 0.717) is 0 Å². The van der Waals surface area contributed by atoms with Crippen molar-refractivity contribution in [1.29, 1.82) is 0 Å². The average Bonchev–Trinajstić information content (AvgIpc) is 3.42. The van der Waals surface area contributed by atoms with Crippen molar-refractivity contribution >= 4 is 59.5 Å². The van der Waals surface area contributed by atoms with Crippen LogP contribution in [0.3, 0.4) is 0 Å². The second kappa shape index (κ2) is 8.16. The normalized spacial score (nSPS) is 11.8. The van der Waals surface area contributed by atoms with Crippen LogP contribution in [0.25, 0.3) is 65.3 Å². The van der Waals surface area contributed by atoms with Gasteiger partial charge in [0.05, 0.1) is 16.5 Å². The van der Waals surface area contributed by atoms with Crippen LogP contribution < -0.4 is 4.57 Å². The van der Waals surface area contributed by atoms with E-state index in [1.54, 1.807) is 0 Å². The molecule has 2 heterocycles. The Morgan fingerprint density at radius 1 is 0.730 bits per heavy atom. The second-order valence-electron chi connectivity index (χ2n) is 9.87. The second-order valence-corrected chi connectivity index (χ2v) is 10.9. The zero-order chi connectivity index (χ0) is 25.3. The van der Waals surface area contributed by atoms with Gasteiger partial charge in [0.25, 0.3) is 0 Å². The standard InChI is InChI=1S/C34H27N2S/c1-5-35-28-19-24-13-6-7-14-25(24)20-29(28)36(32-22(3)11-10-12-23(32)4)34(35)31-21(2)17-18-27-26-15-8-9-16-30(26)37-33(27)31/h5-20H,1H2,2-4H3/q+1. The number of para-hydroxylation sites is 1. The van der Waals surface area contributed by atoms with Crippen molar-refractivity contribution in [3.8, 4) is 17.1 Å². The first-order valence-electron chi connectivity index (χ1n) is 12.7. The smallest absolute Gasteiger partial charge is 0.195 e. The number of aryl methyl sites for hydroxylation is 3. The van der Waals surface area contributed by atoms with Crippen LogP contribution in [-0.2, 0) is 0 Å². The molecular weight excluding hydrogens is 468 g/mol. The quantitative estimate of drug-likeness (QED) is 0.216. The fourth-order valence-electron chi connectivity index (χ4n) is 5.89. The molecule has 0 radical (unpaired) electrons. The molecule has 2 aromatic heterocycles. The molecule has 7 rings (SSSR count). The van der Waals surface area contributed by atoms with Crippen molar-refractivity contribution < 1.29 is 4.57 Å². The van der Waals surface area contributed by atoms with Gasteiger partial charge in [0, 0.05) is 15.5 Å². The highest BCUT2D eigenvalue weighted by Crippen LogP contribution is 2.43. The summed E-state index contributed by atoms with van der Waals surface area (Å²) in [5.41, 5.74) is 8.60. The molecule has 0 saturated heterocycles. The van der Waals surface area contributed by atoms with Gasteiger partial charge in [0.2, 0.25) is 0 Å². The summed E-state index contributed by atoms with van der Waals surface area (Å²) in [4.78, 5) is 0. The SMILES string of the molecule is C=C[n+]1c(-c2c(C)ccc3c2sc2ccccc23)n(-c2c(C)cccc2C)c2cc3ccccc3cc21. The fourth-order valence-corrected chi connectivity index (χ4v) is 7.19. The molecule has 0 amide bonds. The van der Waals surface area contributed by atoms with Crippen molar-refractivity contribution in [2.75, 3.05) is 0 Å². The van der Waals surface area contributed by atoms with E-state index in [2.05, 4.69) is 127 Å². The molecule has 0 aliphatic heterocycles. The number of nitrogens with zero attached hydrogens (tertiary/aromatic N) is 2. The van der Waals surface area contributed by atoms with Gasteiger partial charge < -0.3 is 0 Å². The number of fused-ring (bicyclic) bond motifs is 5. The summed E-state index contributed by atoms with van der Waals surface area (Å²) in [6.45, 7) is 11.0. The summed E-state index contributed by atoms with van der Waals surface area (Å²) in [6.07, 6.45) is 1.97. The van der Waals surface area contributed by atoms with Crippen LogP contribution in [-0.4, -0.2) is 4.57 Å². The summed E-state index contributed by atoms with van der Waals surface area (Å²) < 4.78 is 7.40. The van der Waals surface area contributed by atoms with Gasteiger partial charge in [0.15, 0.2) is 11.0 Å². The fraction of sp³-hybridized carbons (Fsp3) is 0.0882. The van der Waals surface area contributed by atoms with Crippen LogP contribution in [0.5, 0.6) is 0 Å². The minimum Gasteiger partial charge on any atom is -0.195 e. The third kappa shape index (κ3) is 3.14. The number of thiophene rings is 1. The monoisotopic (exact) mass is 495 g/mol. The number of aromatic nitrogens is 2. The van der Waals surface area contributed by atoms with E-state index in [0.717, 1.165) is 11.3 Å². The summed E-state index contributed by atoms with van der Waals surface area (Å²) >= 11 is 1.88. The van der Waals surface area contributed by atoms with Crippen molar-refractivity contribution in [1.82, 2.24) is 4.57 Å². The molecule has 0 saturated carbocycles. The number of imidazole rings is 1. The lowest BCUT2D eigenvalue weighted by molar-refractivity contribution is -0.526. The lowest BCUT2D eigenvalue weighted by atomic mass is 10.0. The van der Waals surface area contributed by atoms with Gasteiger partial charge in [-0.05, 0) is 66.4 Å². The van der Waals surface area contributed by atoms with Crippen molar-refractivity contribution in [3.63, 3.8) is 0 Å². The largest absolute Gasteiger partial charge is 0.301 e. The van der Waals surface area contributed by atoms with Gasteiger partial charge in [-0.2, -0.15) is 9.13 Å². The molecule has 2 nitrogen and oxygen atoms in total. The predicted molar refractivity (Wildman–Crippen MR) is 160 cm³/mol. The molecule has 0 fully saturated rings. The van der Waals surface area contributed by atoms with Crippen LogP contribution in [0.4, 0.5) is 0 Å². The van der Waals surface area contributed by atoms with E-state index >= 15 is 0 Å². The Bertz CT molecular complexity index is 2020. The van der Waals surface area contributed by atoms with Crippen LogP contribution in [0.2, 0.25) is 0 Å². The molecule has 0 unspecified atom stereocenters. The molecule has 178 valence electrons. The third-order valence-electron chi connectivity index (χ3n) is 7.61. The van der Waals surface area contributed by atoms with Crippen molar-refractivity contribution in [2.24, 2.45) is 0 Å². The summed E-state index contributed by atoms with van der Waals surface area (Å²) in [5, 5.41) is 5.09. The highest BCUT2D eigenvalue weighted by Gasteiger charge is 2.32. The number of hydrogen-bond acceptors (Lipinski definition) is 1. The minimum absolute atomic E-state index is 1.15. The summed E-state index contributed by atoms with van der Waals surface area (Å²) in [6, 6.07) is 33.1. The van der Waals surface area contributed by atoms with Gasteiger partial charge in [0.1, 0.15) is 5.69 Å². The predicted octanol–water partition coefficient (Wildman–Crippen LogP) is 9.13. The lowest BCUT2D eigenvalue weighted by Gasteiger charge is -2.11. The maximum absolute atomic E-state index is 4.30. The Morgan fingerprint density at radius 2 is 1.43 bits per heavy atom. The lowest BCUT2D eigenvalue weighted by Crippen LogP contribution is -2.28. The highest BCUT2D eigenvalue weighted by atomic mass is 32.1. The summed E-state index contributed by atoms with van der Waals surface area (Å²) in [5.74, 6) is 1.15. The molecule has 37 heavy (non-hydrogen) atoms. The molecular formula is C34H27N2S+. The summed E-state index contributed by atoms with van der Waals surface area (Å²) in [7, 11) is 0. The Labute approximate surface area is 220 Å². The topological polar surface area (TPSA) is 8.81 Å². The average molecular weight is 496 g/mol. The number of benzene rings is 5. The van der Waals surface area contributed by atoms with Crippen LogP contribution in [0.1, 0.15) is 16.7 Å². The number of rotatable bonds is 3. The van der Waals surface area contributed by atoms with Crippen LogP contribution >= 0.6 is 11.3 Å². The van der Waals surface area contributed by atoms with Gasteiger partial charge in [-0.15, -0.1) is 11.3 Å². The molecule has 3 heteroatoms. The van der Waals surface area contributed by atoms with E-state index in [9.17, 15) is 0 Å². The molecule has 0 aliphatic carbocycles. The third-order valence-corrected chi connectivity index (χ3v) is 8.81. The number of hydrogen-bond donors (Lipinski definition) is 0. The van der Waals surface area contributed by atoms with Gasteiger partial charge in [-0.25, -0.2) is 0 Å². The van der Waals surface area contributed by atoms with E-state index in [-0.39, 0.29) is 0 Å². The van der Waals surface area contributed by atoms with E-state index in [4.69, 9.17) is 0 Å². The molecule has 0 spiro atoms. The Hall–Kier alpha value is -4.21. The zero-order valence-electron chi connectivity index (χ0n) is 21.2. The maximum Gasteiger partial charge on any atom is 0.301 e.